The first-order valence-electron chi connectivity index (χ1n) is 11.4. The van der Waals surface area contributed by atoms with Gasteiger partial charge in [0.05, 0.1) is 23.6 Å². The molecule has 11 nitrogen and oxygen atoms in total. The number of rotatable bonds is 4. The van der Waals surface area contributed by atoms with E-state index in [0.29, 0.717) is 28.8 Å². The standard InChI is InChI=1S/C24H30FN9O2/c1-13-8-15(25)16(28-22(35)29-19-10-18(24(2,3)4)31-33(19)7)9-17(13)34-12-14-11-27-21(26-5)30-20(14)32(6)23(34)36/h8-11H,12H2,1-7H3,(H,26,27,30)(H2,28,29,35). The molecule has 1 aliphatic heterocycles. The van der Waals surface area contributed by atoms with E-state index in [-0.39, 0.29) is 23.7 Å². The fourth-order valence-electron chi connectivity index (χ4n) is 3.89. The molecule has 0 saturated carbocycles. The van der Waals surface area contributed by atoms with Crippen LogP contribution in [0.3, 0.4) is 0 Å². The highest BCUT2D eigenvalue weighted by Crippen LogP contribution is 2.34. The summed E-state index contributed by atoms with van der Waals surface area (Å²) in [5.74, 6) is 0.752. The summed E-state index contributed by atoms with van der Waals surface area (Å²) in [5.41, 5.74) is 2.29. The summed E-state index contributed by atoms with van der Waals surface area (Å²) in [6.07, 6.45) is 1.65. The van der Waals surface area contributed by atoms with Gasteiger partial charge < -0.3 is 10.6 Å². The van der Waals surface area contributed by atoms with Crippen molar-refractivity contribution in [2.75, 3.05) is 39.8 Å². The van der Waals surface area contributed by atoms with Crippen LogP contribution >= 0.6 is 0 Å². The average molecular weight is 496 g/mol. The maximum Gasteiger partial charge on any atom is 0.330 e. The average Bonchev–Trinajstić information content (AvgIpc) is 3.18. The number of carbonyl (C=O) groups excluding carboxylic acids is 2. The lowest BCUT2D eigenvalue weighted by Crippen LogP contribution is -2.46. The normalized spacial score (nSPS) is 13.5. The number of carbonyl (C=O) groups is 2. The van der Waals surface area contributed by atoms with E-state index < -0.39 is 11.8 Å². The zero-order chi connectivity index (χ0) is 26.4. The molecule has 0 fully saturated rings. The molecule has 3 N–H and O–H groups in total. The molecule has 3 aromatic rings. The smallest absolute Gasteiger partial charge is 0.330 e. The molecule has 4 rings (SSSR count). The van der Waals surface area contributed by atoms with Gasteiger partial charge in [-0.25, -0.2) is 19.0 Å². The van der Waals surface area contributed by atoms with E-state index in [2.05, 4.69) is 31.0 Å². The third kappa shape index (κ3) is 4.66. The molecule has 12 heteroatoms. The highest BCUT2D eigenvalue weighted by atomic mass is 19.1. The number of aromatic nitrogens is 4. The van der Waals surface area contributed by atoms with Crippen molar-refractivity contribution in [3.8, 4) is 0 Å². The molecule has 4 amide bonds. The lowest BCUT2D eigenvalue weighted by atomic mass is 9.92. The van der Waals surface area contributed by atoms with Crippen LogP contribution in [0.2, 0.25) is 0 Å². The maximum absolute atomic E-state index is 14.8. The Kier molecular flexibility index (Phi) is 6.29. The highest BCUT2D eigenvalue weighted by molar-refractivity contribution is 6.06. The van der Waals surface area contributed by atoms with E-state index in [9.17, 15) is 14.0 Å². The Morgan fingerprint density at radius 3 is 2.50 bits per heavy atom. The molecular weight excluding hydrogens is 465 g/mol. The fourth-order valence-corrected chi connectivity index (χ4v) is 3.89. The summed E-state index contributed by atoms with van der Waals surface area (Å²) in [5, 5.41) is 12.5. The minimum absolute atomic E-state index is 0.0608. The van der Waals surface area contributed by atoms with Crippen molar-refractivity contribution in [3.05, 3.63) is 47.0 Å². The van der Waals surface area contributed by atoms with E-state index in [4.69, 9.17) is 0 Å². The van der Waals surface area contributed by atoms with Crippen LogP contribution in [-0.4, -0.2) is 45.9 Å². The van der Waals surface area contributed by atoms with Gasteiger partial charge in [-0.1, -0.05) is 20.8 Å². The molecule has 3 heterocycles. The molecule has 0 aliphatic carbocycles. The van der Waals surface area contributed by atoms with Crippen molar-refractivity contribution in [1.29, 1.82) is 0 Å². The number of hydrogen-bond acceptors (Lipinski definition) is 6. The summed E-state index contributed by atoms with van der Waals surface area (Å²) in [6, 6.07) is 3.55. The Bertz CT molecular complexity index is 1350. The number of nitrogens with zero attached hydrogens (tertiary/aromatic N) is 6. The minimum atomic E-state index is -0.632. The topological polar surface area (TPSA) is 120 Å². The quantitative estimate of drug-likeness (QED) is 0.499. The van der Waals surface area contributed by atoms with E-state index in [1.165, 1.54) is 21.9 Å². The molecule has 0 atom stereocenters. The van der Waals surface area contributed by atoms with Gasteiger partial charge in [-0.2, -0.15) is 10.1 Å². The zero-order valence-corrected chi connectivity index (χ0v) is 21.4. The summed E-state index contributed by atoms with van der Waals surface area (Å²) >= 11 is 0. The second-order valence-electron chi connectivity index (χ2n) is 9.71. The molecule has 1 aliphatic rings. The van der Waals surface area contributed by atoms with Crippen LogP contribution in [0.25, 0.3) is 0 Å². The van der Waals surface area contributed by atoms with Gasteiger partial charge in [-0.05, 0) is 24.6 Å². The van der Waals surface area contributed by atoms with Crippen LogP contribution < -0.4 is 25.8 Å². The number of urea groups is 2. The fraction of sp³-hybridized carbons (Fsp3) is 0.375. The van der Waals surface area contributed by atoms with Crippen LogP contribution in [0.5, 0.6) is 0 Å². The first-order chi connectivity index (χ1) is 16.9. The van der Waals surface area contributed by atoms with E-state index in [0.717, 1.165) is 11.3 Å². The Morgan fingerprint density at radius 1 is 1.14 bits per heavy atom. The van der Waals surface area contributed by atoms with Gasteiger partial charge in [0.15, 0.2) is 0 Å². The van der Waals surface area contributed by atoms with Gasteiger partial charge in [0.1, 0.15) is 17.5 Å². The van der Waals surface area contributed by atoms with Gasteiger partial charge in [-0.15, -0.1) is 0 Å². The van der Waals surface area contributed by atoms with Gasteiger partial charge in [-0.3, -0.25) is 19.8 Å². The predicted octanol–water partition coefficient (Wildman–Crippen LogP) is 4.22. The Morgan fingerprint density at radius 2 is 1.86 bits per heavy atom. The van der Waals surface area contributed by atoms with E-state index in [1.54, 1.807) is 45.0 Å². The number of nitrogens with one attached hydrogen (secondary N) is 3. The molecule has 190 valence electrons. The first-order valence-corrected chi connectivity index (χ1v) is 11.4. The van der Waals surface area contributed by atoms with Gasteiger partial charge in [0, 0.05) is 44.4 Å². The molecule has 2 aromatic heterocycles. The lowest BCUT2D eigenvalue weighted by Gasteiger charge is -2.35. The maximum atomic E-state index is 14.8. The SMILES string of the molecule is CNc1ncc2c(n1)N(C)C(=O)N(c1cc(NC(=O)Nc3cc(C(C)(C)C)nn3C)c(F)cc1C)C2. The minimum Gasteiger partial charge on any atom is -0.357 e. The summed E-state index contributed by atoms with van der Waals surface area (Å²) < 4.78 is 16.4. The molecule has 0 radical (unpaired) electrons. The molecule has 0 spiro atoms. The zero-order valence-electron chi connectivity index (χ0n) is 21.4. The van der Waals surface area contributed by atoms with Crippen LogP contribution in [0.1, 0.15) is 37.6 Å². The third-order valence-corrected chi connectivity index (χ3v) is 5.94. The Balaban J connectivity index is 1.59. The highest BCUT2D eigenvalue weighted by Gasteiger charge is 2.32. The second kappa shape index (κ2) is 9.10. The lowest BCUT2D eigenvalue weighted by molar-refractivity contribution is 0.251. The molecular formula is C24H30FN9O2. The van der Waals surface area contributed by atoms with Crippen molar-refractivity contribution in [2.45, 2.75) is 39.7 Å². The molecule has 36 heavy (non-hydrogen) atoms. The van der Waals surface area contributed by atoms with Crippen molar-refractivity contribution >= 4 is 41.0 Å². The van der Waals surface area contributed by atoms with Crippen LogP contribution in [0.15, 0.2) is 24.4 Å². The number of anilines is 5. The van der Waals surface area contributed by atoms with E-state index in [1.807, 2.05) is 20.8 Å². The molecule has 1 aromatic carbocycles. The van der Waals surface area contributed by atoms with Gasteiger partial charge >= 0.3 is 12.1 Å². The number of amides is 4. The monoisotopic (exact) mass is 495 g/mol. The summed E-state index contributed by atoms with van der Waals surface area (Å²) in [6.45, 7) is 7.96. The van der Waals surface area contributed by atoms with Crippen LogP contribution in [-0.2, 0) is 19.0 Å². The van der Waals surface area contributed by atoms with Gasteiger partial charge in [0.25, 0.3) is 0 Å². The molecule has 0 bridgehead atoms. The first kappa shape index (κ1) is 24.9. The van der Waals surface area contributed by atoms with Crippen molar-refractivity contribution in [2.24, 2.45) is 7.05 Å². The van der Waals surface area contributed by atoms with E-state index >= 15 is 0 Å². The Hall–Kier alpha value is -4.22. The van der Waals surface area contributed by atoms with Crippen molar-refractivity contribution in [1.82, 2.24) is 19.7 Å². The number of halogens is 1. The summed E-state index contributed by atoms with van der Waals surface area (Å²) in [4.78, 5) is 37.4. The number of aryl methyl sites for hydroxylation is 2. The van der Waals surface area contributed by atoms with Crippen LogP contribution in [0.4, 0.5) is 42.9 Å². The van der Waals surface area contributed by atoms with Crippen molar-refractivity contribution in [3.63, 3.8) is 0 Å². The second-order valence-corrected chi connectivity index (χ2v) is 9.71. The Labute approximate surface area is 208 Å². The van der Waals surface area contributed by atoms with Gasteiger partial charge in [0.2, 0.25) is 5.95 Å². The van der Waals surface area contributed by atoms with Crippen LogP contribution in [0, 0.1) is 12.7 Å². The predicted molar refractivity (Wildman–Crippen MR) is 137 cm³/mol. The molecule has 0 saturated heterocycles. The largest absolute Gasteiger partial charge is 0.357 e. The number of fused-ring (bicyclic) bond motifs is 1. The number of hydrogen-bond donors (Lipinski definition) is 3. The number of benzene rings is 1. The van der Waals surface area contributed by atoms with Crippen molar-refractivity contribution < 1.29 is 14.0 Å². The molecule has 0 unspecified atom stereocenters. The summed E-state index contributed by atoms with van der Waals surface area (Å²) in [7, 11) is 5.03. The third-order valence-electron chi connectivity index (χ3n) is 5.94.